The van der Waals surface area contributed by atoms with Crippen LogP contribution in [0, 0.1) is 5.82 Å². The van der Waals surface area contributed by atoms with Gasteiger partial charge in [-0.15, -0.1) is 0 Å². The molecule has 0 spiro atoms. The lowest BCUT2D eigenvalue weighted by atomic mass is 10.1. The molecule has 0 aliphatic heterocycles. The molecule has 21 heavy (non-hydrogen) atoms. The lowest BCUT2D eigenvalue weighted by Crippen LogP contribution is -2.05. The molecule has 0 atom stereocenters. The van der Waals surface area contributed by atoms with Crippen LogP contribution in [0.3, 0.4) is 0 Å². The van der Waals surface area contributed by atoms with Crippen molar-refractivity contribution in [2.75, 3.05) is 5.73 Å². The van der Waals surface area contributed by atoms with E-state index in [9.17, 15) is 4.39 Å². The van der Waals surface area contributed by atoms with E-state index in [1.807, 2.05) is 13.8 Å². The number of fused-ring (bicyclic) bond motifs is 1. The zero-order valence-electron chi connectivity index (χ0n) is 11.6. The molecule has 0 amide bonds. The van der Waals surface area contributed by atoms with E-state index in [-0.39, 0.29) is 11.9 Å². The van der Waals surface area contributed by atoms with Gasteiger partial charge in [0, 0.05) is 5.56 Å². The second kappa shape index (κ2) is 5.01. The van der Waals surface area contributed by atoms with Gasteiger partial charge in [0.25, 0.3) is 0 Å². The Morgan fingerprint density at radius 3 is 2.86 bits per heavy atom. The van der Waals surface area contributed by atoms with Gasteiger partial charge in [-0.25, -0.2) is 14.4 Å². The average molecular weight is 287 g/mol. The van der Waals surface area contributed by atoms with Gasteiger partial charge in [-0.2, -0.15) is 5.10 Å². The number of aromatic amines is 1. The first-order valence-corrected chi connectivity index (χ1v) is 6.47. The van der Waals surface area contributed by atoms with Crippen LogP contribution in [0.1, 0.15) is 13.8 Å². The van der Waals surface area contributed by atoms with Crippen LogP contribution in [0.2, 0.25) is 0 Å². The number of hydrogen-bond acceptors (Lipinski definition) is 5. The molecule has 0 fully saturated rings. The van der Waals surface area contributed by atoms with Crippen molar-refractivity contribution in [1.82, 2.24) is 20.2 Å². The Hall–Kier alpha value is -2.70. The fourth-order valence-corrected chi connectivity index (χ4v) is 2.11. The molecule has 0 aliphatic carbocycles. The number of aromatic nitrogens is 4. The summed E-state index contributed by atoms with van der Waals surface area (Å²) < 4.78 is 19.7. The maximum Gasteiger partial charge on any atom is 0.161 e. The van der Waals surface area contributed by atoms with E-state index in [2.05, 4.69) is 20.2 Å². The van der Waals surface area contributed by atoms with Crippen LogP contribution in [0.25, 0.3) is 22.3 Å². The third-order valence-electron chi connectivity index (χ3n) is 2.95. The van der Waals surface area contributed by atoms with Gasteiger partial charge >= 0.3 is 0 Å². The maximum atomic E-state index is 14.1. The van der Waals surface area contributed by atoms with E-state index in [4.69, 9.17) is 10.5 Å². The van der Waals surface area contributed by atoms with Gasteiger partial charge in [-0.1, -0.05) is 0 Å². The number of ether oxygens (including phenoxy) is 1. The second-order valence-electron chi connectivity index (χ2n) is 4.86. The Morgan fingerprint density at radius 2 is 2.10 bits per heavy atom. The molecule has 0 saturated heterocycles. The van der Waals surface area contributed by atoms with Gasteiger partial charge in [0.2, 0.25) is 0 Å². The first-order valence-electron chi connectivity index (χ1n) is 6.47. The van der Waals surface area contributed by atoms with Crippen LogP contribution in [0.15, 0.2) is 24.5 Å². The number of nitrogens with one attached hydrogen (secondary N) is 1. The van der Waals surface area contributed by atoms with E-state index < -0.39 is 5.82 Å². The molecular weight excluding hydrogens is 273 g/mol. The van der Waals surface area contributed by atoms with E-state index in [0.29, 0.717) is 28.0 Å². The molecule has 3 rings (SSSR count). The third-order valence-corrected chi connectivity index (χ3v) is 2.95. The van der Waals surface area contributed by atoms with Crippen molar-refractivity contribution in [3.63, 3.8) is 0 Å². The molecule has 7 heteroatoms. The van der Waals surface area contributed by atoms with Crippen molar-refractivity contribution >= 4 is 16.9 Å². The molecule has 0 aliphatic rings. The highest BCUT2D eigenvalue weighted by Gasteiger charge is 2.17. The highest BCUT2D eigenvalue weighted by molar-refractivity contribution is 5.97. The molecule has 0 radical (unpaired) electrons. The SMILES string of the molecule is CC(C)Oc1ccc(F)c(-c2n[nH]c3ncnc(N)c23)c1. The Balaban J connectivity index is 2.18. The summed E-state index contributed by atoms with van der Waals surface area (Å²) in [5.74, 6) is 0.397. The minimum absolute atomic E-state index is 0.00681. The highest BCUT2D eigenvalue weighted by atomic mass is 19.1. The first-order chi connectivity index (χ1) is 10.1. The van der Waals surface area contributed by atoms with E-state index in [1.54, 1.807) is 12.1 Å². The van der Waals surface area contributed by atoms with E-state index >= 15 is 0 Å². The van der Waals surface area contributed by atoms with Crippen LogP contribution in [0.4, 0.5) is 10.2 Å². The third kappa shape index (κ3) is 2.37. The number of nitrogens with zero attached hydrogens (tertiary/aromatic N) is 3. The smallest absolute Gasteiger partial charge is 0.161 e. The predicted octanol–water partition coefficient (Wildman–Crippen LogP) is 2.53. The van der Waals surface area contributed by atoms with Gasteiger partial charge in [-0.05, 0) is 32.0 Å². The van der Waals surface area contributed by atoms with Gasteiger partial charge in [0.05, 0.1) is 11.5 Å². The summed E-state index contributed by atoms with van der Waals surface area (Å²) in [6, 6.07) is 4.51. The van der Waals surface area contributed by atoms with Crippen LogP contribution >= 0.6 is 0 Å². The van der Waals surface area contributed by atoms with Crippen LogP contribution in [-0.4, -0.2) is 26.3 Å². The summed E-state index contributed by atoms with van der Waals surface area (Å²) in [6.07, 6.45) is 1.32. The number of nitrogens with two attached hydrogens (primary N) is 1. The Kier molecular flexibility index (Phi) is 3.17. The minimum atomic E-state index is -0.414. The van der Waals surface area contributed by atoms with Gasteiger partial charge in [0.15, 0.2) is 5.65 Å². The van der Waals surface area contributed by atoms with Crippen molar-refractivity contribution in [2.45, 2.75) is 20.0 Å². The maximum absolute atomic E-state index is 14.1. The number of nitrogen functional groups attached to an aromatic ring is 1. The molecule has 0 unspecified atom stereocenters. The fourth-order valence-electron chi connectivity index (χ4n) is 2.11. The van der Waals surface area contributed by atoms with Crippen molar-refractivity contribution in [2.24, 2.45) is 0 Å². The van der Waals surface area contributed by atoms with Crippen LogP contribution < -0.4 is 10.5 Å². The Labute approximate surface area is 120 Å². The van der Waals surface area contributed by atoms with E-state index in [0.717, 1.165) is 0 Å². The zero-order valence-corrected chi connectivity index (χ0v) is 11.6. The van der Waals surface area contributed by atoms with Crippen molar-refractivity contribution in [3.05, 3.63) is 30.3 Å². The molecule has 2 heterocycles. The average Bonchev–Trinajstić information content (AvgIpc) is 2.86. The molecule has 0 bridgehead atoms. The standard InChI is InChI=1S/C14H14FN5O/c1-7(2)21-8-3-4-10(15)9(5-8)12-11-13(16)17-6-18-14(11)20-19-12/h3-7H,1-2H3,(H3,16,17,18,19,20). The van der Waals surface area contributed by atoms with Gasteiger partial charge in [-0.3, -0.25) is 5.10 Å². The second-order valence-corrected chi connectivity index (χ2v) is 4.86. The highest BCUT2D eigenvalue weighted by Crippen LogP contribution is 2.32. The van der Waals surface area contributed by atoms with Gasteiger partial charge < -0.3 is 10.5 Å². The number of benzene rings is 1. The lowest BCUT2D eigenvalue weighted by molar-refractivity contribution is 0.242. The number of H-pyrrole nitrogens is 1. The summed E-state index contributed by atoms with van der Waals surface area (Å²) in [4.78, 5) is 7.94. The van der Waals surface area contributed by atoms with Gasteiger partial charge in [0.1, 0.15) is 29.4 Å². The van der Waals surface area contributed by atoms with Crippen LogP contribution in [-0.2, 0) is 0 Å². The fraction of sp³-hybridized carbons (Fsp3) is 0.214. The minimum Gasteiger partial charge on any atom is -0.491 e. The molecule has 6 nitrogen and oxygen atoms in total. The monoisotopic (exact) mass is 287 g/mol. The number of hydrogen-bond donors (Lipinski definition) is 2. The van der Waals surface area contributed by atoms with Crippen molar-refractivity contribution in [3.8, 4) is 17.0 Å². The summed E-state index contributed by atoms with van der Waals surface area (Å²) in [6.45, 7) is 3.80. The summed E-state index contributed by atoms with van der Waals surface area (Å²) in [7, 11) is 0. The molecule has 3 N–H and O–H groups in total. The number of rotatable bonds is 3. The molecule has 3 aromatic rings. The summed E-state index contributed by atoms with van der Waals surface area (Å²) in [5, 5.41) is 7.33. The first kappa shape index (κ1) is 13.3. The molecule has 108 valence electrons. The summed E-state index contributed by atoms with van der Waals surface area (Å²) >= 11 is 0. The largest absolute Gasteiger partial charge is 0.491 e. The van der Waals surface area contributed by atoms with Crippen molar-refractivity contribution in [1.29, 1.82) is 0 Å². The van der Waals surface area contributed by atoms with Crippen LogP contribution in [0.5, 0.6) is 5.75 Å². The molecule has 0 saturated carbocycles. The Bertz CT molecular complexity index is 799. The number of anilines is 1. The predicted molar refractivity (Wildman–Crippen MR) is 77.3 cm³/mol. The number of halogens is 1. The van der Waals surface area contributed by atoms with E-state index in [1.165, 1.54) is 12.4 Å². The lowest BCUT2D eigenvalue weighted by Gasteiger charge is -2.11. The molecule has 1 aromatic carbocycles. The normalized spacial score (nSPS) is 11.2. The van der Waals surface area contributed by atoms with Crippen molar-refractivity contribution < 1.29 is 9.13 Å². The summed E-state index contributed by atoms with van der Waals surface area (Å²) in [5.41, 5.74) is 6.97. The quantitative estimate of drug-likeness (QED) is 0.772. The molecular formula is C14H14FN5O. The molecule has 2 aromatic heterocycles. The zero-order chi connectivity index (χ0) is 15.0. The topological polar surface area (TPSA) is 89.7 Å². The Morgan fingerprint density at radius 1 is 1.29 bits per heavy atom.